The standard InChI is InChI=1S/C38H49ClF3N5O10S/c1-10-54-27-17-26(22-12-11-13-24(39)28(22)43-27)55-21-16-25(47(19-21)31(49)29(34(4,5)6)44-33(51)56-35(7,8)38(40,41)42)30(48)45-37(18-23(37)20(2)3)32(50)46-58(52,53)57-36(9)14-15-36/h11-13,17,21,23,25,29H,2,10,14-16,18-19H2,1,3-9H3,(H,44,51)(H,45,48)(H,46,50)/t21?,23?,25?,29-,37?/m1/s1. The minimum Gasteiger partial charge on any atom is -0.488 e. The molecule has 15 nitrogen and oxygen atoms in total. The Labute approximate surface area is 339 Å². The SMILES string of the molecule is C=C(C)C1CC1(NC(=O)C1CC(Oc2cc(OCC)nc3c(Cl)cccc23)CN1C(=O)[C@@H](NC(=O)OC(C)(C)C(F)(F)F)C(C)(C)C)C(=O)NS(=O)(=O)OC1(C)CC1. The van der Waals surface area contributed by atoms with Crippen molar-refractivity contribution in [1.29, 1.82) is 0 Å². The van der Waals surface area contributed by atoms with E-state index >= 15 is 0 Å². The first-order valence-corrected chi connectivity index (χ1v) is 20.4. The van der Waals surface area contributed by atoms with Gasteiger partial charge in [-0.25, -0.2) is 18.7 Å². The summed E-state index contributed by atoms with van der Waals surface area (Å²) in [6.45, 7) is 14.8. The summed E-state index contributed by atoms with van der Waals surface area (Å²) in [4.78, 5) is 61.3. The molecule has 0 spiro atoms. The van der Waals surface area contributed by atoms with Crippen LogP contribution in [0.2, 0.25) is 5.02 Å². The third-order valence-corrected chi connectivity index (χ3v) is 11.7. The number of hydrogen-bond donors (Lipinski definition) is 3. The number of para-hydroxylation sites is 1. The zero-order chi connectivity index (χ0) is 43.4. The van der Waals surface area contributed by atoms with Crippen LogP contribution in [0.15, 0.2) is 36.4 Å². The molecule has 0 bridgehead atoms. The van der Waals surface area contributed by atoms with Crippen LogP contribution in [0.25, 0.3) is 10.9 Å². The van der Waals surface area contributed by atoms with Gasteiger partial charge in [-0.15, -0.1) is 0 Å². The molecule has 1 aromatic carbocycles. The number of halogens is 4. The highest BCUT2D eigenvalue weighted by Gasteiger charge is 2.63. The second-order valence-electron chi connectivity index (χ2n) is 16.8. The van der Waals surface area contributed by atoms with Gasteiger partial charge in [0.05, 0.1) is 29.3 Å². The van der Waals surface area contributed by atoms with Crippen LogP contribution in [-0.4, -0.2) is 96.4 Å². The van der Waals surface area contributed by atoms with E-state index in [-0.39, 0.29) is 37.6 Å². The van der Waals surface area contributed by atoms with Gasteiger partial charge >= 0.3 is 22.6 Å². The molecule has 3 aliphatic rings. The van der Waals surface area contributed by atoms with E-state index in [1.165, 1.54) is 6.07 Å². The minimum absolute atomic E-state index is 0.0235. The van der Waals surface area contributed by atoms with Gasteiger partial charge in [-0.1, -0.05) is 50.6 Å². The molecule has 2 heterocycles. The Morgan fingerprint density at radius 2 is 1.78 bits per heavy atom. The van der Waals surface area contributed by atoms with E-state index in [1.54, 1.807) is 59.7 Å². The second kappa shape index (κ2) is 15.7. The number of benzene rings is 1. The van der Waals surface area contributed by atoms with E-state index in [9.17, 15) is 40.8 Å². The van der Waals surface area contributed by atoms with Crippen molar-refractivity contribution in [2.75, 3.05) is 13.2 Å². The number of nitrogens with zero attached hydrogens (tertiary/aromatic N) is 2. The van der Waals surface area contributed by atoms with E-state index in [1.807, 2.05) is 4.72 Å². The number of alkyl carbamates (subject to hydrolysis) is 1. The summed E-state index contributed by atoms with van der Waals surface area (Å²) in [5.74, 6) is -3.10. The molecule has 1 saturated heterocycles. The summed E-state index contributed by atoms with van der Waals surface area (Å²) >= 11 is 6.46. The van der Waals surface area contributed by atoms with Crippen molar-refractivity contribution < 1.29 is 59.2 Å². The first-order valence-electron chi connectivity index (χ1n) is 18.6. The maximum atomic E-state index is 14.6. The first-order chi connectivity index (χ1) is 26.6. The van der Waals surface area contributed by atoms with Crippen LogP contribution in [-0.2, 0) is 33.6 Å². The number of carbonyl (C=O) groups excluding carboxylic acids is 4. The Hall–Kier alpha value is -4.36. The number of hydrogen-bond acceptors (Lipinski definition) is 11. The number of nitrogens with one attached hydrogen (secondary N) is 3. The number of alkyl halides is 3. The lowest BCUT2D eigenvalue weighted by Gasteiger charge is -2.36. The molecule has 2 aromatic rings. The molecule has 4 amide bonds. The number of fused-ring (bicyclic) bond motifs is 1. The van der Waals surface area contributed by atoms with Crippen molar-refractivity contribution in [3.05, 3.63) is 41.4 Å². The summed E-state index contributed by atoms with van der Waals surface area (Å²) in [5.41, 5.74) is -6.00. The topological polar surface area (TPSA) is 192 Å². The number of likely N-dealkylation sites (tertiary alicyclic amines) is 1. The summed E-state index contributed by atoms with van der Waals surface area (Å²) in [6.07, 6.45) is -6.70. The van der Waals surface area contributed by atoms with Crippen molar-refractivity contribution >= 4 is 56.6 Å². The van der Waals surface area contributed by atoms with Gasteiger partial charge in [0.2, 0.25) is 23.3 Å². The summed E-state index contributed by atoms with van der Waals surface area (Å²) in [6, 6.07) is 3.56. The average molecular weight is 860 g/mol. The van der Waals surface area contributed by atoms with Crippen LogP contribution in [0.3, 0.4) is 0 Å². The Bertz CT molecular complexity index is 2110. The highest BCUT2D eigenvalue weighted by atomic mass is 35.5. The summed E-state index contributed by atoms with van der Waals surface area (Å²) < 4.78 is 90.4. The van der Waals surface area contributed by atoms with Gasteiger partial charge in [-0.2, -0.15) is 21.6 Å². The lowest BCUT2D eigenvalue weighted by atomic mass is 9.85. The molecule has 0 radical (unpaired) electrons. The van der Waals surface area contributed by atoms with E-state index in [0.717, 1.165) is 4.90 Å². The predicted molar refractivity (Wildman–Crippen MR) is 205 cm³/mol. The van der Waals surface area contributed by atoms with Gasteiger partial charge in [0.25, 0.3) is 5.91 Å². The molecule has 5 rings (SSSR count). The highest BCUT2D eigenvalue weighted by molar-refractivity contribution is 7.85. The number of rotatable bonds is 14. The average Bonchev–Trinajstić information content (AvgIpc) is 3.95. The van der Waals surface area contributed by atoms with Crippen molar-refractivity contribution in [3.63, 3.8) is 0 Å². The van der Waals surface area contributed by atoms with Crippen LogP contribution < -0.4 is 24.8 Å². The van der Waals surface area contributed by atoms with E-state index in [2.05, 4.69) is 22.2 Å². The molecule has 5 atom stereocenters. The summed E-state index contributed by atoms with van der Waals surface area (Å²) in [7, 11) is -4.59. The van der Waals surface area contributed by atoms with Gasteiger partial charge in [0, 0.05) is 23.8 Å². The van der Waals surface area contributed by atoms with Gasteiger partial charge in [0.15, 0.2) is 0 Å². The van der Waals surface area contributed by atoms with E-state index in [0.29, 0.717) is 48.2 Å². The van der Waals surface area contributed by atoms with Crippen molar-refractivity contribution in [1.82, 2.24) is 25.2 Å². The molecule has 2 aliphatic carbocycles. The van der Waals surface area contributed by atoms with Crippen molar-refractivity contribution in [2.45, 2.75) is 122 Å². The maximum absolute atomic E-state index is 14.6. The Morgan fingerprint density at radius 1 is 1.12 bits per heavy atom. The number of amides is 4. The molecule has 20 heteroatoms. The minimum atomic E-state index is -4.94. The normalized spacial score (nSPS) is 23.4. The van der Waals surface area contributed by atoms with Gasteiger partial charge in [-0.3, -0.25) is 14.4 Å². The fraction of sp³-hybridized carbons (Fsp3) is 0.605. The number of pyridine rings is 1. The predicted octanol–water partition coefficient (Wildman–Crippen LogP) is 5.50. The smallest absolute Gasteiger partial charge is 0.427 e. The third-order valence-electron chi connectivity index (χ3n) is 10.4. The molecule has 1 aromatic heterocycles. The zero-order valence-corrected chi connectivity index (χ0v) is 35.0. The number of aromatic nitrogens is 1. The monoisotopic (exact) mass is 859 g/mol. The molecular weight excluding hydrogens is 811 g/mol. The molecule has 58 heavy (non-hydrogen) atoms. The molecule has 4 unspecified atom stereocenters. The molecule has 2 saturated carbocycles. The van der Waals surface area contributed by atoms with Crippen LogP contribution >= 0.6 is 11.6 Å². The number of carbonyl (C=O) groups is 4. The van der Waals surface area contributed by atoms with Crippen LogP contribution in [0.1, 0.15) is 81.1 Å². The quantitative estimate of drug-likeness (QED) is 0.204. The lowest BCUT2D eigenvalue weighted by molar-refractivity contribution is -0.244. The number of ether oxygens (including phenoxy) is 3. The molecular formula is C38H49ClF3N5O10S. The zero-order valence-electron chi connectivity index (χ0n) is 33.5. The van der Waals surface area contributed by atoms with Crippen LogP contribution in [0.5, 0.6) is 11.6 Å². The largest absolute Gasteiger partial charge is 0.488 e. The molecule has 3 fully saturated rings. The summed E-state index contributed by atoms with van der Waals surface area (Å²) in [5, 5.41) is 5.71. The molecule has 320 valence electrons. The second-order valence-corrected chi connectivity index (χ2v) is 18.5. The fourth-order valence-corrected chi connectivity index (χ4v) is 8.01. The van der Waals surface area contributed by atoms with Crippen molar-refractivity contribution in [3.8, 4) is 11.6 Å². The van der Waals surface area contributed by atoms with Crippen LogP contribution in [0.4, 0.5) is 18.0 Å². The van der Waals surface area contributed by atoms with Gasteiger partial charge in [-0.05, 0) is 71.4 Å². The van der Waals surface area contributed by atoms with E-state index < -0.39 is 86.6 Å². The Kier molecular flexibility index (Phi) is 12.1. The van der Waals surface area contributed by atoms with E-state index in [4.69, 9.17) is 30.0 Å². The lowest BCUT2D eigenvalue weighted by Crippen LogP contribution is -2.60. The Morgan fingerprint density at radius 3 is 2.33 bits per heavy atom. The van der Waals surface area contributed by atoms with Gasteiger partial charge < -0.3 is 29.7 Å². The first kappa shape index (κ1) is 44.7. The molecule has 3 N–H and O–H groups in total. The third kappa shape index (κ3) is 9.73. The Balaban J connectivity index is 1.49. The fourth-order valence-electron chi connectivity index (χ4n) is 6.64. The highest BCUT2D eigenvalue weighted by Crippen LogP contribution is 2.49. The maximum Gasteiger partial charge on any atom is 0.427 e. The van der Waals surface area contributed by atoms with Crippen molar-refractivity contribution in [2.24, 2.45) is 11.3 Å². The van der Waals surface area contributed by atoms with Gasteiger partial charge in [0.1, 0.15) is 29.5 Å². The van der Waals surface area contributed by atoms with Crippen LogP contribution in [0, 0.1) is 11.3 Å². The molecule has 1 aliphatic heterocycles.